The molecule has 3 rings (SSSR count). The molecule has 6 heteroatoms. The second kappa shape index (κ2) is 10.2. The first-order valence-corrected chi connectivity index (χ1v) is 10.3. The fourth-order valence-corrected chi connectivity index (χ4v) is 3.70. The molecule has 0 aromatic heterocycles. The van der Waals surface area contributed by atoms with Gasteiger partial charge >= 0.3 is 0 Å². The second-order valence-electron chi connectivity index (χ2n) is 6.17. The molecule has 0 saturated carbocycles. The topological polar surface area (TPSA) is 30.5 Å². The van der Waals surface area contributed by atoms with E-state index in [0.29, 0.717) is 34.7 Å². The van der Waals surface area contributed by atoms with Crippen molar-refractivity contribution in [2.45, 2.75) is 19.7 Å². The Hall–Kier alpha value is -1.72. The van der Waals surface area contributed by atoms with Crippen LogP contribution in [0.1, 0.15) is 16.7 Å². The lowest BCUT2D eigenvalue weighted by Crippen LogP contribution is -2.14. The number of hydrogen-bond acceptors (Lipinski definition) is 3. The largest absolute Gasteiger partial charge is 0.493 e. The van der Waals surface area contributed by atoms with Gasteiger partial charge < -0.3 is 14.8 Å². The van der Waals surface area contributed by atoms with E-state index in [9.17, 15) is 0 Å². The first-order valence-electron chi connectivity index (χ1n) is 8.75. The van der Waals surface area contributed by atoms with Gasteiger partial charge in [0.25, 0.3) is 0 Å². The predicted octanol–water partition coefficient (Wildman–Crippen LogP) is 6.63. The third-order valence-electron chi connectivity index (χ3n) is 4.25. The van der Waals surface area contributed by atoms with Gasteiger partial charge in [0.15, 0.2) is 11.5 Å². The van der Waals surface area contributed by atoms with E-state index in [1.807, 2.05) is 36.4 Å². The average Bonchev–Trinajstić information content (AvgIpc) is 2.70. The number of halogens is 3. The Morgan fingerprint density at radius 1 is 0.964 bits per heavy atom. The summed E-state index contributed by atoms with van der Waals surface area (Å²) in [5.41, 5.74) is 3.06. The van der Waals surface area contributed by atoms with Crippen molar-refractivity contribution in [1.82, 2.24) is 5.32 Å². The van der Waals surface area contributed by atoms with Gasteiger partial charge in [-0.3, -0.25) is 0 Å². The van der Waals surface area contributed by atoms with E-state index in [2.05, 4.69) is 33.4 Å². The monoisotopic (exact) mass is 479 g/mol. The molecule has 0 aliphatic rings. The molecule has 0 aliphatic carbocycles. The smallest absolute Gasteiger partial charge is 0.167 e. The van der Waals surface area contributed by atoms with Crippen LogP contribution in [-0.4, -0.2) is 7.11 Å². The third kappa shape index (κ3) is 5.42. The lowest BCUT2D eigenvalue weighted by molar-refractivity contribution is 0.280. The number of hydrogen-bond donors (Lipinski definition) is 1. The summed E-state index contributed by atoms with van der Waals surface area (Å²) in [7, 11) is 1.63. The molecule has 28 heavy (non-hydrogen) atoms. The van der Waals surface area contributed by atoms with Gasteiger partial charge in [-0.2, -0.15) is 0 Å². The highest BCUT2D eigenvalue weighted by Crippen LogP contribution is 2.37. The highest BCUT2D eigenvalue weighted by Gasteiger charge is 2.15. The van der Waals surface area contributed by atoms with Crippen molar-refractivity contribution in [2.75, 3.05) is 7.11 Å². The molecular formula is C22H20BrCl2NO2. The highest BCUT2D eigenvalue weighted by molar-refractivity contribution is 9.10. The molecule has 0 spiro atoms. The number of rotatable bonds is 8. The minimum Gasteiger partial charge on any atom is -0.493 e. The molecular weight excluding hydrogens is 461 g/mol. The summed E-state index contributed by atoms with van der Waals surface area (Å²) < 4.78 is 12.6. The van der Waals surface area contributed by atoms with Gasteiger partial charge in [-0.15, -0.1) is 0 Å². The first-order chi connectivity index (χ1) is 13.6. The van der Waals surface area contributed by atoms with Crippen LogP contribution in [0.25, 0.3) is 0 Å². The summed E-state index contributed by atoms with van der Waals surface area (Å²) in [5, 5.41) is 4.63. The van der Waals surface area contributed by atoms with Crippen molar-refractivity contribution in [1.29, 1.82) is 0 Å². The van der Waals surface area contributed by atoms with E-state index >= 15 is 0 Å². The van der Waals surface area contributed by atoms with E-state index in [4.69, 9.17) is 32.7 Å². The minimum atomic E-state index is 0.314. The lowest BCUT2D eigenvalue weighted by atomic mass is 10.1. The van der Waals surface area contributed by atoms with E-state index in [1.165, 1.54) is 5.56 Å². The normalized spacial score (nSPS) is 10.7. The summed E-state index contributed by atoms with van der Waals surface area (Å²) >= 11 is 15.9. The van der Waals surface area contributed by atoms with Crippen LogP contribution in [0.15, 0.2) is 65.1 Å². The fourth-order valence-electron chi connectivity index (χ4n) is 2.78. The number of ether oxygens (including phenoxy) is 2. The summed E-state index contributed by atoms with van der Waals surface area (Å²) in [6.07, 6.45) is 0. The first kappa shape index (κ1) is 21.0. The Labute approximate surface area is 183 Å². The number of methoxy groups -OCH3 is 1. The summed E-state index contributed by atoms with van der Waals surface area (Å²) in [5.74, 6) is 1.35. The third-order valence-corrected chi connectivity index (χ3v) is 5.58. The predicted molar refractivity (Wildman–Crippen MR) is 118 cm³/mol. The maximum Gasteiger partial charge on any atom is 0.167 e. The van der Waals surface area contributed by atoms with Gasteiger partial charge in [-0.05, 0) is 29.8 Å². The molecule has 3 aromatic rings. The summed E-state index contributed by atoms with van der Waals surface area (Å²) in [6.45, 7) is 1.69. The van der Waals surface area contributed by atoms with Crippen LogP contribution in [0.2, 0.25) is 10.0 Å². The van der Waals surface area contributed by atoms with Crippen LogP contribution in [-0.2, 0) is 19.7 Å². The number of benzene rings is 3. The molecule has 0 fully saturated rings. The summed E-state index contributed by atoms with van der Waals surface area (Å²) in [6, 6.07) is 19.5. The van der Waals surface area contributed by atoms with Gasteiger partial charge in [0, 0.05) is 38.7 Å². The zero-order valence-electron chi connectivity index (χ0n) is 15.3. The van der Waals surface area contributed by atoms with Crippen molar-refractivity contribution in [2.24, 2.45) is 0 Å². The molecule has 0 amide bonds. The Balaban J connectivity index is 1.77. The SMILES string of the molecule is COc1ccc(Br)c(CNCc2ccccc2)c1OCc1ccc(Cl)cc1Cl. The zero-order valence-corrected chi connectivity index (χ0v) is 18.4. The molecule has 3 nitrogen and oxygen atoms in total. The second-order valence-corrected chi connectivity index (χ2v) is 7.87. The van der Waals surface area contributed by atoms with Crippen molar-refractivity contribution >= 4 is 39.1 Å². The Morgan fingerprint density at radius 3 is 2.46 bits per heavy atom. The molecule has 1 N–H and O–H groups in total. The molecule has 146 valence electrons. The molecule has 0 radical (unpaired) electrons. The Bertz CT molecular complexity index is 935. The van der Waals surface area contributed by atoms with E-state index in [1.54, 1.807) is 19.2 Å². The molecule has 0 bridgehead atoms. The molecule has 0 aliphatic heterocycles. The molecule has 0 saturated heterocycles. The number of nitrogens with one attached hydrogen (secondary N) is 1. The quantitative estimate of drug-likeness (QED) is 0.392. The van der Waals surface area contributed by atoms with Gasteiger partial charge in [0.05, 0.1) is 7.11 Å². The van der Waals surface area contributed by atoms with Crippen LogP contribution in [0.4, 0.5) is 0 Å². The highest BCUT2D eigenvalue weighted by atomic mass is 79.9. The van der Waals surface area contributed by atoms with Gasteiger partial charge in [0.2, 0.25) is 0 Å². The van der Waals surface area contributed by atoms with Crippen molar-refractivity contribution in [3.63, 3.8) is 0 Å². The van der Waals surface area contributed by atoms with Crippen LogP contribution in [0, 0.1) is 0 Å². The van der Waals surface area contributed by atoms with Gasteiger partial charge in [-0.1, -0.05) is 75.5 Å². The van der Waals surface area contributed by atoms with Crippen molar-refractivity contribution in [3.05, 3.63) is 91.9 Å². The van der Waals surface area contributed by atoms with Gasteiger partial charge in [0.1, 0.15) is 6.61 Å². The Kier molecular flexibility index (Phi) is 7.63. The van der Waals surface area contributed by atoms with Crippen molar-refractivity contribution in [3.8, 4) is 11.5 Å². The molecule has 0 unspecified atom stereocenters. The van der Waals surface area contributed by atoms with Crippen LogP contribution in [0.3, 0.4) is 0 Å². The van der Waals surface area contributed by atoms with E-state index in [0.717, 1.165) is 22.1 Å². The zero-order chi connectivity index (χ0) is 19.9. The van der Waals surface area contributed by atoms with Crippen LogP contribution >= 0.6 is 39.1 Å². The van der Waals surface area contributed by atoms with Crippen molar-refractivity contribution < 1.29 is 9.47 Å². The molecule has 0 heterocycles. The maximum absolute atomic E-state index is 6.27. The van der Waals surface area contributed by atoms with Gasteiger partial charge in [-0.25, -0.2) is 0 Å². The molecule has 0 atom stereocenters. The average molecular weight is 481 g/mol. The standard InChI is InChI=1S/C22H20BrCl2NO2/c1-27-21-10-9-19(23)18(13-26-12-15-5-3-2-4-6-15)22(21)28-14-16-7-8-17(24)11-20(16)25/h2-11,26H,12-14H2,1H3. The molecule has 3 aromatic carbocycles. The van der Waals surface area contributed by atoms with Crippen LogP contribution in [0.5, 0.6) is 11.5 Å². The maximum atomic E-state index is 6.27. The van der Waals surface area contributed by atoms with Crippen LogP contribution < -0.4 is 14.8 Å². The fraction of sp³-hybridized carbons (Fsp3) is 0.182. The lowest BCUT2D eigenvalue weighted by Gasteiger charge is -2.18. The van der Waals surface area contributed by atoms with E-state index < -0.39 is 0 Å². The van der Waals surface area contributed by atoms with E-state index in [-0.39, 0.29) is 0 Å². The minimum absolute atomic E-state index is 0.314. The Morgan fingerprint density at radius 2 is 1.75 bits per heavy atom. The summed E-state index contributed by atoms with van der Waals surface area (Å²) in [4.78, 5) is 0.